The highest BCUT2D eigenvalue weighted by Crippen LogP contribution is 2.43. The molecule has 1 spiro atoms. The predicted molar refractivity (Wildman–Crippen MR) is 122 cm³/mol. The Bertz CT molecular complexity index is 1080. The smallest absolute Gasteiger partial charge is 0.302 e. The van der Waals surface area contributed by atoms with Crippen LogP contribution in [-0.4, -0.2) is 58.2 Å². The summed E-state index contributed by atoms with van der Waals surface area (Å²) in [5, 5.41) is 1.21. The number of ether oxygens (including phenoxy) is 1. The Balaban J connectivity index is 1.20. The molecule has 5 rings (SSSR count). The van der Waals surface area contributed by atoms with Crippen LogP contribution >= 0.6 is 11.3 Å². The molecule has 0 bridgehead atoms. The molecule has 164 valence electrons. The Hall–Kier alpha value is -2.45. The van der Waals surface area contributed by atoms with Crippen LogP contribution in [-0.2, 0) is 29.0 Å². The number of aryl methyl sites for hydroxylation is 1. The predicted octanol–water partition coefficient (Wildman–Crippen LogP) is 3.33. The lowest BCUT2D eigenvalue weighted by molar-refractivity contribution is -0.141. The molecular formula is C23H29N5O2S. The summed E-state index contributed by atoms with van der Waals surface area (Å²) in [6.45, 7) is 10.1. The van der Waals surface area contributed by atoms with Crippen LogP contribution in [0.1, 0.15) is 30.8 Å². The van der Waals surface area contributed by atoms with Crippen LogP contribution in [0, 0.1) is 5.41 Å². The fourth-order valence-corrected chi connectivity index (χ4v) is 5.96. The normalized spacial score (nSPS) is 18.1. The largest absolute Gasteiger partial charge is 0.464 e. The van der Waals surface area contributed by atoms with E-state index in [1.165, 1.54) is 29.3 Å². The number of thiophene rings is 1. The fourth-order valence-electron chi connectivity index (χ4n) is 5.04. The van der Waals surface area contributed by atoms with Crippen LogP contribution in [0.2, 0.25) is 0 Å². The lowest BCUT2D eigenvalue weighted by atomic mass is 9.79. The molecule has 0 radical (unpaired) electrons. The van der Waals surface area contributed by atoms with Crippen molar-refractivity contribution in [2.24, 2.45) is 5.41 Å². The molecule has 3 aromatic heterocycles. The zero-order chi connectivity index (χ0) is 21.4. The summed E-state index contributed by atoms with van der Waals surface area (Å²) in [6, 6.07) is 6.51. The summed E-state index contributed by atoms with van der Waals surface area (Å²) in [7, 11) is 0. The van der Waals surface area contributed by atoms with E-state index in [9.17, 15) is 4.79 Å². The quantitative estimate of drug-likeness (QED) is 0.526. The first-order chi connectivity index (χ1) is 15.0. The van der Waals surface area contributed by atoms with Gasteiger partial charge in [0, 0.05) is 61.8 Å². The summed E-state index contributed by atoms with van der Waals surface area (Å²) >= 11 is 1.78. The summed E-state index contributed by atoms with van der Waals surface area (Å²) in [4.78, 5) is 27.6. The monoisotopic (exact) mass is 439 g/mol. The third kappa shape index (κ3) is 4.06. The number of aromatic nitrogens is 3. The fraction of sp³-hybridized carbons (Fsp3) is 0.522. The molecular weight excluding hydrogens is 410 g/mol. The second-order valence-corrected chi connectivity index (χ2v) is 9.95. The van der Waals surface area contributed by atoms with Crippen molar-refractivity contribution in [3.63, 3.8) is 0 Å². The summed E-state index contributed by atoms with van der Waals surface area (Å²) < 4.78 is 7.28. The molecule has 0 aromatic carbocycles. The van der Waals surface area contributed by atoms with E-state index in [2.05, 4.69) is 55.7 Å². The molecule has 8 heteroatoms. The lowest BCUT2D eigenvalue weighted by Crippen LogP contribution is -2.57. The zero-order valence-electron chi connectivity index (χ0n) is 18.2. The van der Waals surface area contributed by atoms with E-state index in [4.69, 9.17) is 4.74 Å². The Kier molecular flexibility index (Phi) is 5.44. The van der Waals surface area contributed by atoms with E-state index in [0.717, 1.165) is 49.8 Å². The van der Waals surface area contributed by atoms with Gasteiger partial charge in [-0.2, -0.15) is 0 Å². The van der Waals surface area contributed by atoms with Gasteiger partial charge < -0.3 is 14.2 Å². The van der Waals surface area contributed by atoms with E-state index in [-0.39, 0.29) is 5.97 Å². The van der Waals surface area contributed by atoms with Crippen molar-refractivity contribution in [2.45, 2.75) is 39.8 Å². The van der Waals surface area contributed by atoms with Crippen LogP contribution in [0.3, 0.4) is 0 Å². The number of rotatable bonds is 7. The minimum atomic E-state index is -0.224. The molecule has 0 aliphatic carbocycles. The number of fused-ring (bicyclic) bond motifs is 1. The Labute approximate surface area is 186 Å². The highest BCUT2D eigenvalue weighted by atomic mass is 32.1. The second kappa shape index (κ2) is 8.24. The average Bonchev–Trinajstić information content (AvgIpc) is 3.45. The number of likely N-dealkylation sites (tertiary alicyclic amines) is 1. The van der Waals surface area contributed by atoms with Gasteiger partial charge in [0.15, 0.2) is 0 Å². The minimum Gasteiger partial charge on any atom is -0.464 e. The van der Waals surface area contributed by atoms with Crippen molar-refractivity contribution in [1.82, 2.24) is 19.4 Å². The summed E-state index contributed by atoms with van der Waals surface area (Å²) in [5.41, 5.74) is 1.65. The molecule has 0 saturated carbocycles. The molecule has 2 fully saturated rings. The average molecular weight is 440 g/mol. The Morgan fingerprint density at radius 2 is 2.16 bits per heavy atom. The number of hydrogen-bond acceptors (Lipinski definition) is 7. The van der Waals surface area contributed by atoms with Gasteiger partial charge in [-0.05, 0) is 31.0 Å². The Morgan fingerprint density at radius 3 is 2.97 bits per heavy atom. The van der Waals surface area contributed by atoms with E-state index >= 15 is 0 Å². The van der Waals surface area contributed by atoms with Gasteiger partial charge >= 0.3 is 5.97 Å². The molecule has 5 heterocycles. The van der Waals surface area contributed by atoms with Crippen LogP contribution in [0.5, 0.6) is 0 Å². The topological polar surface area (TPSA) is 63.5 Å². The van der Waals surface area contributed by atoms with Crippen molar-refractivity contribution < 1.29 is 9.53 Å². The molecule has 0 amide bonds. The van der Waals surface area contributed by atoms with Gasteiger partial charge in [-0.3, -0.25) is 9.69 Å². The van der Waals surface area contributed by atoms with Gasteiger partial charge in [0.25, 0.3) is 0 Å². The van der Waals surface area contributed by atoms with Crippen molar-refractivity contribution in [1.29, 1.82) is 0 Å². The van der Waals surface area contributed by atoms with Gasteiger partial charge in [0.2, 0.25) is 0 Å². The third-order valence-electron chi connectivity index (χ3n) is 6.51. The van der Waals surface area contributed by atoms with Gasteiger partial charge in [-0.25, -0.2) is 9.97 Å². The summed E-state index contributed by atoms with van der Waals surface area (Å²) in [5.74, 6) is 0.883. The van der Waals surface area contributed by atoms with Crippen molar-refractivity contribution in [3.8, 4) is 0 Å². The lowest BCUT2D eigenvalue weighted by Gasteiger charge is -2.48. The van der Waals surface area contributed by atoms with E-state index < -0.39 is 0 Å². The number of carbonyl (C=O) groups is 1. The molecule has 0 unspecified atom stereocenters. The minimum absolute atomic E-state index is 0.224. The first kappa shape index (κ1) is 20.5. The number of esters is 1. The molecule has 7 nitrogen and oxygen atoms in total. The first-order valence-corrected chi connectivity index (χ1v) is 11.8. The van der Waals surface area contributed by atoms with Crippen LogP contribution in [0.4, 0.5) is 5.82 Å². The number of anilines is 1. The van der Waals surface area contributed by atoms with Crippen molar-refractivity contribution in [2.75, 3.05) is 37.7 Å². The van der Waals surface area contributed by atoms with Crippen LogP contribution in [0.25, 0.3) is 10.2 Å². The maximum absolute atomic E-state index is 11.0. The molecule has 0 atom stereocenters. The third-order valence-corrected chi connectivity index (χ3v) is 7.70. The van der Waals surface area contributed by atoms with Crippen LogP contribution in [0.15, 0.2) is 30.7 Å². The maximum atomic E-state index is 11.0. The SMILES string of the molecule is CCc1cc2c(N3CCC4(CN(Cc5cccn5CCOC(C)=O)C4)C3)ncnc2s1. The highest BCUT2D eigenvalue weighted by molar-refractivity contribution is 7.18. The number of carbonyl (C=O) groups excluding carboxylic acids is 1. The van der Waals surface area contributed by atoms with Crippen LogP contribution < -0.4 is 4.90 Å². The highest BCUT2D eigenvalue weighted by Gasteiger charge is 2.48. The molecule has 3 aromatic rings. The molecule has 2 aliphatic heterocycles. The van der Waals surface area contributed by atoms with Gasteiger partial charge in [0.05, 0.1) is 11.9 Å². The van der Waals surface area contributed by atoms with Crippen molar-refractivity contribution in [3.05, 3.63) is 41.3 Å². The standard InChI is InChI=1S/C23H29N5O2S/c1-3-19-11-20-21(24-16-25-22(20)31-19)28-8-6-23(15-28)13-26(14-23)12-18-5-4-7-27(18)9-10-30-17(2)29/h4-5,7,11,16H,3,6,8-10,12-15H2,1-2H3. The first-order valence-electron chi connectivity index (χ1n) is 11.0. The number of nitrogens with zero attached hydrogens (tertiary/aromatic N) is 5. The molecule has 2 aliphatic rings. The summed E-state index contributed by atoms with van der Waals surface area (Å²) in [6.07, 6.45) is 6.04. The zero-order valence-corrected chi connectivity index (χ0v) is 19.0. The van der Waals surface area contributed by atoms with Gasteiger partial charge in [-0.1, -0.05) is 6.92 Å². The second-order valence-electron chi connectivity index (χ2n) is 8.83. The Morgan fingerprint density at radius 1 is 1.29 bits per heavy atom. The van der Waals surface area contributed by atoms with E-state index in [1.807, 2.05) is 0 Å². The van der Waals surface area contributed by atoms with E-state index in [0.29, 0.717) is 18.6 Å². The van der Waals surface area contributed by atoms with E-state index in [1.54, 1.807) is 17.7 Å². The molecule has 2 saturated heterocycles. The maximum Gasteiger partial charge on any atom is 0.302 e. The van der Waals surface area contributed by atoms with Crippen molar-refractivity contribution >= 4 is 33.3 Å². The molecule has 0 N–H and O–H groups in total. The van der Waals surface area contributed by atoms with Gasteiger partial charge in [0.1, 0.15) is 23.6 Å². The van der Waals surface area contributed by atoms with Gasteiger partial charge in [-0.15, -0.1) is 11.3 Å². The molecule has 31 heavy (non-hydrogen) atoms. The number of hydrogen-bond donors (Lipinski definition) is 0.